The maximum atomic E-state index is 14.2. The van der Waals surface area contributed by atoms with Gasteiger partial charge in [-0.1, -0.05) is 6.07 Å². The first kappa shape index (κ1) is 16.3. The molecular formula is C17H14F3NO3. The number of benzene rings is 1. The number of carbonyl (C=O) groups is 1. The third-order valence-electron chi connectivity index (χ3n) is 4.27. The summed E-state index contributed by atoms with van der Waals surface area (Å²) in [6, 6.07) is 6.33. The Balaban J connectivity index is 1.82. The molecule has 0 spiro atoms. The average Bonchev–Trinajstić information content (AvgIpc) is 3.31. The standard InChI is InChI=1S/C17H14F3NO3/c1-16(19,20)17(6-7-17)11-3-4-13(12(18)8-11)24-14-5-2-10(9-21-14)15(22)23/h2-5,8-9H,6-7H2,1H3,(H,22,23). The van der Waals surface area contributed by atoms with Crippen LogP contribution in [0.4, 0.5) is 13.2 Å². The molecule has 1 fully saturated rings. The molecule has 1 aromatic carbocycles. The summed E-state index contributed by atoms with van der Waals surface area (Å²) >= 11 is 0. The van der Waals surface area contributed by atoms with Crippen LogP contribution >= 0.6 is 0 Å². The number of pyridine rings is 1. The van der Waals surface area contributed by atoms with E-state index in [0.717, 1.165) is 19.2 Å². The third-order valence-corrected chi connectivity index (χ3v) is 4.27. The van der Waals surface area contributed by atoms with E-state index in [-0.39, 0.29) is 22.8 Å². The fraction of sp³-hybridized carbons (Fsp3) is 0.294. The van der Waals surface area contributed by atoms with E-state index >= 15 is 0 Å². The molecule has 0 amide bonds. The van der Waals surface area contributed by atoms with E-state index in [4.69, 9.17) is 9.84 Å². The van der Waals surface area contributed by atoms with Crippen molar-refractivity contribution in [2.24, 2.45) is 0 Å². The molecule has 4 nitrogen and oxygen atoms in total. The minimum atomic E-state index is -2.92. The van der Waals surface area contributed by atoms with Gasteiger partial charge in [-0.15, -0.1) is 0 Å². The summed E-state index contributed by atoms with van der Waals surface area (Å²) in [4.78, 5) is 14.5. The van der Waals surface area contributed by atoms with Gasteiger partial charge >= 0.3 is 5.97 Å². The maximum Gasteiger partial charge on any atom is 0.337 e. The monoisotopic (exact) mass is 337 g/mol. The van der Waals surface area contributed by atoms with Gasteiger partial charge in [0.25, 0.3) is 5.92 Å². The molecule has 0 saturated heterocycles. The summed E-state index contributed by atoms with van der Waals surface area (Å²) in [5.41, 5.74) is -1.08. The molecule has 2 aromatic rings. The fourth-order valence-electron chi connectivity index (χ4n) is 2.67. The number of aromatic nitrogens is 1. The van der Waals surface area contributed by atoms with Crippen LogP contribution in [0.15, 0.2) is 36.5 Å². The molecule has 0 atom stereocenters. The molecule has 1 aliphatic rings. The Bertz CT molecular complexity index is 781. The highest BCUT2D eigenvalue weighted by Crippen LogP contribution is 2.58. The van der Waals surface area contributed by atoms with Crippen molar-refractivity contribution in [3.05, 3.63) is 53.5 Å². The predicted molar refractivity (Wildman–Crippen MR) is 79.2 cm³/mol. The van der Waals surface area contributed by atoms with Gasteiger partial charge in [-0.3, -0.25) is 0 Å². The van der Waals surface area contributed by atoms with E-state index in [0.29, 0.717) is 12.8 Å². The molecule has 0 unspecified atom stereocenters. The number of carboxylic acids is 1. The normalized spacial score (nSPS) is 15.8. The van der Waals surface area contributed by atoms with Crippen LogP contribution in [0, 0.1) is 5.82 Å². The summed E-state index contributed by atoms with van der Waals surface area (Å²) < 4.78 is 46.9. The lowest BCUT2D eigenvalue weighted by molar-refractivity contribution is -0.0201. The van der Waals surface area contributed by atoms with Crippen molar-refractivity contribution in [1.29, 1.82) is 0 Å². The first-order chi connectivity index (χ1) is 11.2. The Labute approximate surface area is 135 Å². The van der Waals surface area contributed by atoms with Crippen LogP contribution in [-0.2, 0) is 5.41 Å². The van der Waals surface area contributed by atoms with Gasteiger partial charge in [-0.05, 0) is 36.6 Å². The lowest BCUT2D eigenvalue weighted by Crippen LogP contribution is -2.30. The lowest BCUT2D eigenvalue weighted by atomic mass is 9.90. The number of alkyl halides is 2. The Kier molecular flexibility index (Phi) is 3.74. The number of aromatic carboxylic acids is 1. The second kappa shape index (κ2) is 5.51. The highest BCUT2D eigenvalue weighted by molar-refractivity contribution is 5.87. The fourth-order valence-corrected chi connectivity index (χ4v) is 2.67. The Morgan fingerprint density at radius 3 is 2.46 bits per heavy atom. The molecule has 1 N–H and O–H groups in total. The topological polar surface area (TPSA) is 59.4 Å². The van der Waals surface area contributed by atoms with E-state index in [1.165, 1.54) is 24.3 Å². The molecule has 0 radical (unpaired) electrons. The van der Waals surface area contributed by atoms with Crippen LogP contribution in [0.3, 0.4) is 0 Å². The summed E-state index contributed by atoms with van der Waals surface area (Å²) in [6.07, 6.45) is 1.71. The average molecular weight is 337 g/mol. The smallest absolute Gasteiger partial charge is 0.337 e. The van der Waals surface area contributed by atoms with Crippen LogP contribution in [0.2, 0.25) is 0 Å². The number of rotatable bonds is 5. The van der Waals surface area contributed by atoms with Crippen molar-refractivity contribution in [2.45, 2.75) is 31.1 Å². The van der Waals surface area contributed by atoms with Gasteiger partial charge in [0.1, 0.15) is 0 Å². The van der Waals surface area contributed by atoms with E-state index < -0.39 is 23.1 Å². The molecule has 126 valence electrons. The number of nitrogens with zero attached hydrogens (tertiary/aromatic N) is 1. The highest BCUT2D eigenvalue weighted by Gasteiger charge is 2.60. The molecule has 3 rings (SSSR count). The van der Waals surface area contributed by atoms with Crippen molar-refractivity contribution < 1.29 is 27.8 Å². The molecule has 24 heavy (non-hydrogen) atoms. The maximum absolute atomic E-state index is 14.2. The first-order valence-corrected chi connectivity index (χ1v) is 7.28. The summed E-state index contributed by atoms with van der Waals surface area (Å²) in [5.74, 6) is -4.99. The zero-order valence-electron chi connectivity index (χ0n) is 12.7. The van der Waals surface area contributed by atoms with E-state index in [2.05, 4.69) is 4.98 Å². The van der Waals surface area contributed by atoms with Crippen LogP contribution in [0.1, 0.15) is 35.7 Å². The molecule has 1 saturated carbocycles. The van der Waals surface area contributed by atoms with Gasteiger partial charge in [0, 0.05) is 19.2 Å². The van der Waals surface area contributed by atoms with Crippen molar-refractivity contribution in [3.8, 4) is 11.6 Å². The largest absolute Gasteiger partial charge is 0.478 e. The number of halogens is 3. The quantitative estimate of drug-likeness (QED) is 0.879. The molecular weight excluding hydrogens is 323 g/mol. The van der Waals surface area contributed by atoms with Crippen molar-refractivity contribution in [3.63, 3.8) is 0 Å². The SMILES string of the molecule is CC(F)(F)C1(c2ccc(Oc3ccc(C(=O)O)cn3)c(F)c2)CC1. The van der Waals surface area contributed by atoms with Gasteiger partial charge in [0.15, 0.2) is 11.6 Å². The van der Waals surface area contributed by atoms with Crippen LogP contribution in [0.5, 0.6) is 11.6 Å². The van der Waals surface area contributed by atoms with Crippen molar-refractivity contribution in [2.75, 3.05) is 0 Å². The number of hydrogen-bond donors (Lipinski definition) is 1. The summed E-state index contributed by atoms with van der Waals surface area (Å²) in [7, 11) is 0. The Hall–Kier alpha value is -2.57. The second-order valence-electron chi connectivity index (χ2n) is 5.91. The third kappa shape index (κ3) is 2.81. The van der Waals surface area contributed by atoms with Crippen LogP contribution in [-0.4, -0.2) is 22.0 Å². The van der Waals surface area contributed by atoms with Gasteiger partial charge in [0.2, 0.25) is 5.88 Å². The number of carboxylic acid groups (broad SMARTS) is 1. The molecule has 7 heteroatoms. The van der Waals surface area contributed by atoms with Crippen molar-refractivity contribution >= 4 is 5.97 Å². The molecule has 1 aliphatic carbocycles. The lowest BCUT2D eigenvalue weighted by Gasteiger charge is -2.23. The van der Waals surface area contributed by atoms with Gasteiger partial charge in [0.05, 0.1) is 11.0 Å². The Morgan fingerprint density at radius 1 is 1.29 bits per heavy atom. The number of hydrogen-bond acceptors (Lipinski definition) is 3. The molecule has 1 aromatic heterocycles. The first-order valence-electron chi connectivity index (χ1n) is 7.28. The zero-order chi connectivity index (χ0) is 17.5. The van der Waals surface area contributed by atoms with E-state index in [9.17, 15) is 18.0 Å². The summed E-state index contributed by atoms with van der Waals surface area (Å²) in [5, 5.41) is 8.79. The van der Waals surface area contributed by atoms with E-state index in [1.807, 2.05) is 0 Å². The van der Waals surface area contributed by atoms with Gasteiger partial charge in [-0.25, -0.2) is 22.9 Å². The predicted octanol–water partition coefficient (Wildman–Crippen LogP) is 4.40. The second-order valence-corrected chi connectivity index (χ2v) is 5.91. The molecule has 0 aliphatic heterocycles. The minimum absolute atomic E-state index is 0.00797. The molecule has 0 bridgehead atoms. The number of ether oxygens (including phenoxy) is 1. The Morgan fingerprint density at radius 2 is 2.00 bits per heavy atom. The van der Waals surface area contributed by atoms with Crippen molar-refractivity contribution in [1.82, 2.24) is 4.98 Å². The minimum Gasteiger partial charge on any atom is -0.478 e. The molecule has 1 heterocycles. The van der Waals surface area contributed by atoms with Crippen LogP contribution < -0.4 is 4.74 Å². The summed E-state index contributed by atoms with van der Waals surface area (Å²) in [6.45, 7) is 0.843. The van der Waals surface area contributed by atoms with Gasteiger partial charge in [-0.2, -0.15) is 0 Å². The van der Waals surface area contributed by atoms with Gasteiger partial charge < -0.3 is 9.84 Å². The van der Waals surface area contributed by atoms with E-state index in [1.54, 1.807) is 0 Å². The zero-order valence-corrected chi connectivity index (χ0v) is 12.7. The highest BCUT2D eigenvalue weighted by atomic mass is 19.3. The van der Waals surface area contributed by atoms with Crippen LogP contribution in [0.25, 0.3) is 0 Å².